The molecule has 0 fully saturated rings. The molecule has 110 valence electrons. The lowest BCUT2D eigenvalue weighted by molar-refractivity contribution is -0.115. The van der Waals surface area contributed by atoms with E-state index in [1.165, 1.54) is 11.8 Å². The van der Waals surface area contributed by atoms with Crippen LogP contribution in [0.3, 0.4) is 0 Å². The van der Waals surface area contributed by atoms with Gasteiger partial charge in [-0.25, -0.2) is 0 Å². The van der Waals surface area contributed by atoms with Crippen LogP contribution in [0, 0.1) is 0 Å². The molecular weight excluding hydrogens is 310 g/mol. The Bertz CT molecular complexity index is 605. The molecule has 1 N–H and O–H groups in total. The van der Waals surface area contributed by atoms with Crippen molar-refractivity contribution in [2.24, 2.45) is 0 Å². The van der Waals surface area contributed by atoms with Gasteiger partial charge in [0.15, 0.2) is 11.0 Å². The fourth-order valence-corrected chi connectivity index (χ4v) is 2.49. The van der Waals surface area contributed by atoms with Crippen molar-refractivity contribution in [1.82, 2.24) is 10.2 Å². The van der Waals surface area contributed by atoms with Crippen molar-refractivity contribution in [3.8, 4) is 5.75 Å². The number of carbonyl (C=O) groups is 1. The lowest BCUT2D eigenvalue weighted by Gasteiger charge is -2.11. The molecule has 2 rings (SSSR count). The number of ether oxygens (including phenoxy) is 1. The van der Waals surface area contributed by atoms with E-state index in [9.17, 15) is 4.79 Å². The Labute approximate surface area is 132 Å². The second kappa shape index (κ2) is 7.28. The van der Waals surface area contributed by atoms with E-state index < -0.39 is 0 Å². The first-order valence-corrected chi connectivity index (χ1v) is 7.45. The van der Waals surface area contributed by atoms with Crippen molar-refractivity contribution in [3.63, 3.8) is 0 Å². The summed E-state index contributed by atoms with van der Waals surface area (Å²) in [6, 6.07) is 10.7. The third kappa shape index (κ3) is 4.61. The first kappa shape index (κ1) is 15.6. The number of nitrogens with one attached hydrogen (secondary N) is 1. The summed E-state index contributed by atoms with van der Waals surface area (Å²) in [6.45, 7) is 1.83. The van der Waals surface area contributed by atoms with Gasteiger partial charge in [0.05, 0.1) is 12.4 Å². The molecule has 0 aliphatic rings. The van der Waals surface area contributed by atoms with Crippen LogP contribution in [0.5, 0.6) is 5.75 Å². The molecule has 0 saturated carbocycles. The van der Waals surface area contributed by atoms with Crippen LogP contribution >= 0.6 is 23.4 Å². The predicted molar refractivity (Wildman–Crippen MR) is 84.0 cm³/mol. The van der Waals surface area contributed by atoms with E-state index in [1.807, 2.05) is 31.2 Å². The third-order valence-corrected chi connectivity index (χ3v) is 3.94. The Morgan fingerprint density at radius 1 is 1.24 bits per heavy atom. The number of hydrogen-bond donors (Lipinski definition) is 1. The Morgan fingerprint density at radius 3 is 2.52 bits per heavy atom. The zero-order valence-electron chi connectivity index (χ0n) is 11.5. The van der Waals surface area contributed by atoms with Crippen molar-refractivity contribution < 1.29 is 9.53 Å². The van der Waals surface area contributed by atoms with E-state index in [0.717, 1.165) is 10.6 Å². The third-order valence-electron chi connectivity index (χ3n) is 2.62. The van der Waals surface area contributed by atoms with Crippen molar-refractivity contribution in [2.45, 2.75) is 17.1 Å². The van der Waals surface area contributed by atoms with E-state index in [0.29, 0.717) is 5.82 Å². The minimum atomic E-state index is -0.268. The maximum Gasteiger partial charge on any atom is 0.238 e. The molecule has 1 heterocycles. The molecule has 1 aromatic heterocycles. The molecule has 0 spiro atoms. The number of nitrogens with zero attached hydrogens (tertiary/aromatic N) is 2. The summed E-state index contributed by atoms with van der Waals surface area (Å²) in [5, 5.41) is 10.2. The maximum absolute atomic E-state index is 12.1. The zero-order chi connectivity index (χ0) is 15.2. The molecule has 0 saturated heterocycles. The summed E-state index contributed by atoms with van der Waals surface area (Å²) in [6.07, 6.45) is 0. The lowest BCUT2D eigenvalue weighted by Crippen LogP contribution is -2.23. The van der Waals surface area contributed by atoms with E-state index in [1.54, 1.807) is 19.2 Å². The largest absolute Gasteiger partial charge is 0.497 e. The number of hydrogen-bond acceptors (Lipinski definition) is 5. The molecule has 7 heteroatoms. The molecule has 0 unspecified atom stereocenters. The molecule has 21 heavy (non-hydrogen) atoms. The first-order chi connectivity index (χ1) is 10.1. The number of amides is 1. The van der Waals surface area contributed by atoms with Gasteiger partial charge >= 0.3 is 0 Å². The molecule has 0 radical (unpaired) electrons. The number of thioether (sulfide) groups is 1. The molecule has 0 aliphatic heterocycles. The fourth-order valence-electron chi connectivity index (χ4n) is 1.52. The summed E-state index contributed by atoms with van der Waals surface area (Å²) in [5.41, 5.74) is 0. The van der Waals surface area contributed by atoms with Crippen LogP contribution in [-0.2, 0) is 4.79 Å². The summed E-state index contributed by atoms with van der Waals surface area (Å²) in [5.74, 6) is 1.02. The smallest absolute Gasteiger partial charge is 0.238 e. The van der Waals surface area contributed by atoms with Gasteiger partial charge < -0.3 is 10.1 Å². The summed E-state index contributed by atoms with van der Waals surface area (Å²) < 4.78 is 5.10. The normalized spacial score (nSPS) is 11.8. The van der Waals surface area contributed by atoms with E-state index in [4.69, 9.17) is 16.3 Å². The molecule has 1 aromatic carbocycles. The average molecular weight is 324 g/mol. The Kier molecular flexibility index (Phi) is 5.41. The van der Waals surface area contributed by atoms with Crippen molar-refractivity contribution in [2.75, 3.05) is 12.4 Å². The van der Waals surface area contributed by atoms with Crippen LogP contribution in [0.25, 0.3) is 0 Å². The van der Waals surface area contributed by atoms with Gasteiger partial charge in [0.25, 0.3) is 0 Å². The summed E-state index contributed by atoms with van der Waals surface area (Å²) in [4.78, 5) is 13.1. The van der Waals surface area contributed by atoms with Crippen molar-refractivity contribution in [1.29, 1.82) is 0 Å². The van der Waals surface area contributed by atoms with E-state index in [-0.39, 0.29) is 16.3 Å². The van der Waals surface area contributed by atoms with Crippen LogP contribution < -0.4 is 10.1 Å². The highest BCUT2D eigenvalue weighted by atomic mass is 35.5. The van der Waals surface area contributed by atoms with Crippen LogP contribution in [-0.4, -0.2) is 28.5 Å². The van der Waals surface area contributed by atoms with Crippen molar-refractivity contribution in [3.05, 3.63) is 41.6 Å². The topological polar surface area (TPSA) is 64.1 Å². The molecule has 5 nitrogen and oxygen atoms in total. The standard InChI is InChI=1S/C14H14ClN3O2S/c1-9(21-11-5-3-10(20-2)4-6-11)14(19)16-13-8-7-12(15)17-18-13/h3-9H,1-2H3,(H,16,18,19)/t9-/m0/s1. The highest BCUT2D eigenvalue weighted by molar-refractivity contribution is 8.00. The minimum absolute atomic E-state index is 0.146. The second-order valence-corrected chi connectivity index (χ2v) is 5.97. The van der Waals surface area contributed by atoms with Crippen molar-refractivity contribution >= 4 is 35.1 Å². The summed E-state index contributed by atoms with van der Waals surface area (Å²) in [7, 11) is 1.62. The molecule has 0 bridgehead atoms. The van der Waals surface area contributed by atoms with E-state index >= 15 is 0 Å². The van der Waals surface area contributed by atoms with Gasteiger partial charge in [-0.2, -0.15) is 0 Å². The van der Waals surface area contributed by atoms with Crippen LogP contribution in [0.2, 0.25) is 5.15 Å². The van der Waals surface area contributed by atoms with Gasteiger partial charge in [-0.05, 0) is 43.3 Å². The van der Waals surface area contributed by atoms with E-state index in [2.05, 4.69) is 15.5 Å². The fraction of sp³-hybridized carbons (Fsp3) is 0.214. The second-order valence-electron chi connectivity index (χ2n) is 4.17. The number of halogens is 1. The van der Waals surface area contributed by atoms with Crippen LogP contribution in [0.1, 0.15) is 6.92 Å². The number of aromatic nitrogens is 2. The van der Waals surface area contributed by atoms with Gasteiger partial charge in [0.2, 0.25) is 5.91 Å². The Hall–Kier alpha value is -1.79. The molecule has 0 aliphatic carbocycles. The molecule has 1 amide bonds. The quantitative estimate of drug-likeness (QED) is 0.856. The SMILES string of the molecule is COc1ccc(S[C@@H](C)C(=O)Nc2ccc(Cl)nn2)cc1. The monoisotopic (exact) mass is 323 g/mol. The zero-order valence-corrected chi connectivity index (χ0v) is 13.1. The van der Waals surface area contributed by atoms with Crippen LogP contribution in [0.15, 0.2) is 41.3 Å². The number of benzene rings is 1. The van der Waals surface area contributed by atoms with Gasteiger partial charge in [-0.3, -0.25) is 4.79 Å². The molecular formula is C14H14ClN3O2S. The predicted octanol–water partition coefficient (Wildman–Crippen LogP) is 3.26. The first-order valence-electron chi connectivity index (χ1n) is 6.19. The van der Waals surface area contributed by atoms with Crippen LogP contribution in [0.4, 0.5) is 5.82 Å². The van der Waals surface area contributed by atoms with Gasteiger partial charge in [-0.15, -0.1) is 22.0 Å². The Morgan fingerprint density at radius 2 is 1.95 bits per heavy atom. The van der Waals surface area contributed by atoms with Gasteiger partial charge in [0, 0.05) is 4.90 Å². The average Bonchev–Trinajstić information content (AvgIpc) is 2.50. The Balaban J connectivity index is 1.93. The summed E-state index contributed by atoms with van der Waals surface area (Å²) >= 11 is 7.09. The minimum Gasteiger partial charge on any atom is -0.497 e. The maximum atomic E-state index is 12.1. The molecule has 2 aromatic rings. The highest BCUT2D eigenvalue weighted by Gasteiger charge is 2.15. The van der Waals surface area contributed by atoms with Gasteiger partial charge in [0.1, 0.15) is 5.75 Å². The van der Waals surface area contributed by atoms with Gasteiger partial charge in [-0.1, -0.05) is 11.6 Å². The number of rotatable bonds is 5. The molecule has 1 atom stereocenters. The number of carbonyl (C=O) groups excluding carboxylic acids is 1. The lowest BCUT2D eigenvalue weighted by atomic mass is 10.3. The number of anilines is 1. The number of methoxy groups -OCH3 is 1. The highest BCUT2D eigenvalue weighted by Crippen LogP contribution is 2.26.